The predicted molar refractivity (Wildman–Crippen MR) is 66.9 cm³/mol. The van der Waals surface area contributed by atoms with Crippen LogP contribution in [0.25, 0.3) is 0 Å². The summed E-state index contributed by atoms with van der Waals surface area (Å²) in [5.41, 5.74) is 6.30. The molecule has 5 heteroatoms. The summed E-state index contributed by atoms with van der Waals surface area (Å²) in [6.45, 7) is 2.41. The number of aliphatic hydroxyl groups excluding tert-OH is 1. The Bertz CT molecular complexity index is 334. The van der Waals surface area contributed by atoms with Gasteiger partial charge in [0.1, 0.15) is 5.82 Å². The van der Waals surface area contributed by atoms with Crippen molar-refractivity contribution in [2.75, 3.05) is 36.9 Å². The van der Waals surface area contributed by atoms with Gasteiger partial charge in [-0.2, -0.15) is 0 Å². The molecule has 0 atom stereocenters. The van der Waals surface area contributed by atoms with Gasteiger partial charge in [-0.15, -0.1) is 0 Å². The van der Waals surface area contributed by atoms with Gasteiger partial charge >= 0.3 is 0 Å². The normalized spacial score (nSPS) is 17.4. The molecule has 0 aliphatic carbocycles. The maximum absolute atomic E-state index is 8.70. The van der Waals surface area contributed by atoms with Crippen LogP contribution >= 0.6 is 0 Å². The molecule has 0 bridgehead atoms. The number of hydrogen-bond donors (Lipinski definition) is 2. The molecule has 0 aromatic carbocycles. The molecule has 94 valence electrons. The van der Waals surface area contributed by atoms with Crippen molar-refractivity contribution in [3.05, 3.63) is 18.3 Å². The average molecular weight is 237 g/mol. The molecule has 2 heterocycles. The van der Waals surface area contributed by atoms with E-state index in [0.29, 0.717) is 12.3 Å². The number of aliphatic hydroxyl groups is 1. The molecule has 2 rings (SSSR count). The highest BCUT2D eigenvalue weighted by Gasteiger charge is 2.20. The zero-order valence-electron chi connectivity index (χ0n) is 9.88. The Morgan fingerprint density at radius 3 is 2.76 bits per heavy atom. The van der Waals surface area contributed by atoms with Crippen molar-refractivity contribution >= 4 is 11.5 Å². The van der Waals surface area contributed by atoms with E-state index in [0.717, 1.165) is 31.7 Å². The summed E-state index contributed by atoms with van der Waals surface area (Å²) >= 11 is 0. The zero-order valence-corrected chi connectivity index (χ0v) is 9.88. The van der Waals surface area contributed by atoms with Gasteiger partial charge < -0.3 is 20.5 Å². The van der Waals surface area contributed by atoms with Gasteiger partial charge in [-0.1, -0.05) is 0 Å². The lowest BCUT2D eigenvalue weighted by molar-refractivity contribution is 0.0158. The van der Waals surface area contributed by atoms with E-state index in [2.05, 4.69) is 9.88 Å². The number of pyridine rings is 1. The Labute approximate surface area is 101 Å². The fourth-order valence-corrected chi connectivity index (χ4v) is 2.06. The highest BCUT2D eigenvalue weighted by atomic mass is 16.5. The Morgan fingerprint density at radius 1 is 1.41 bits per heavy atom. The largest absolute Gasteiger partial charge is 0.397 e. The van der Waals surface area contributed by atoms with E-state index in [4.69, 9.17) is 15.6 Å². The third-order valence-corrected chi connectivity index (χ3v) is 2.98. The average Bonchev–Trinajstić information content (AvgIpc) is 2.38. The molecule has 0 amide bonds. The predicted octanol–water partition coefficient (Wildman–Crippen LogP) is 0.641. The van der Waals surface area contributed by atoms with Gasteiger partial charge in [-0.3, -0.25) is 0 Å². The van der Waals surface area contributed by atoms with Crippen LogP contribution < -0.4 is 10.6 Å². The van der Waals surface area contributed by atoms with Crippen LogP contribution in [0.3, 0.4) is 0 Å². The van der Waals surface area contributed by atoms with Crippen molar-refractivity contribution in [3.63, 3.8) is 0 Å². The van der Waals surface area contributed by atoms with Gasteiger partial charge in [0, 0.05) is 13.1 Å². The molecule has 0 radical (unpaired) electrons. The molecule has 1 aromatic heterocycles. The highest BCUT2D eigenvalue weighted by Crippen LogP contribution is 2.19. The van der Waals surface area contributed by atoms with E-state index in [1.54, 1.807) is 6.20 Å². The molecule has 3 N–H and O–H groups in total. The number of aromatic nitrogens is 1. The van der Waals surface area contributed by atoms with Gasteiger partial charge in [-0.25, -0.2) is 4.98 Å². The van der Waals surface area contributed by atoms with Crippen molar-refractivity contribution in [1.82, 2.24) is 4.98 Å². The van der Waals surface area contributed by atoms with E-state index < -0.39 is 0 Å². The number of rotatable bonds is 4. The first kappa shape index (κ1) is 12.1. The SMILES string of the molecule is Nc1ccc(N2CCC(OCCO)CC2)nc1. The number of ether oxygens (including phenoxy) is 1. The van der Waals surface area contributed by atoms with Crippen LogP contribution in [0.4, 0.5) is 11.5 Å². The lowest BCUT2D eigenvalue weighted by Crippen LogP contribution is -2.37. The van der Waals surface area contributed by atoms with E-state index >= 15 is 0 Å². The molecular formula is C12H19N3O2. The molecule has 1 aliphatic heterocycles. The Hall–Kier alpha value is -1.33. The number of hydrogen-bond acceptors (Lipinski definition) is 5. The number of nitrogens with two attached hydrogens (primary N) is 1. The van der Waals surface area contributed by atoms with Gasteiger partial charge in [0.25, 0.3) is 0 Å². The minimum absolute atomic E-state index is 0.0970. The van der Waals surface area contributed by atoms with E-state index in [-0.39, 0.29) is 12.7 Å². The molecule has 0 spiro atoms. The summed E-state index contributed by atoms with van der Waals surface area (Å²) in [5, 5.41) is 8.70. The molecular weight excluding hydrogens is 218 g/mol. The molecule has 5 nitrogen and oxygen atoms in total. The monoisotopic (exact) mass is 237 g/mol. The third kappa shape index (κ3) is 3.31. The summed E-state index contributed by atoms with van der Waals surface area (Å²) in [5.74, 6) is 0.972. The zero-order chi connectivity index (χ0) is 12.1. The van der Waals surface area contributed by atoms with Gasteiger partial charge in [0.05, 0.1) is 31.2 Å². The number of nitrogens with zero attached hydrogens (tertiary/aromatic N) is 2. The topological polar surface area (TPSA) is 71.6 Å². The first-order chi connectivity index (χ1) is 8.29. The Balaban J connectivity index is 1.84. The van der Waals surface area contributed by atoms with Crippen LogP contribution in [-0.4, -0.2) is 42.5 Å². The van der Waals surface area contributed by atoms with Gasteiger partial charge in [-0.05, 0) is 25.0 Å². The smallest absolute Gasteiger partial charge is 0.128 e. The molecule has 0 saturated carbocycles. The maximum Gasteiger partial charge on any atom is 0.128 e. The van der Waals surface area contributed by atoms with Crippen LogP contribution in [-0.2, 0) is 4.74 Å². The second-order valence-corrected chi connectivity index (χ2v) is 4.23. The second-order valence-electron chi connectivity index (χ2n) is 4.23. The Morgan fingerprint density at radius 2 is 2.18 bits per heavy atom. The van der Waals surface area contributed by atoms with E-state index in [1.165, 1.54) is 0 Å². The molecule has 0 unspecified atom stereocenters. The molecule has 1 fully saturated rings. The summed E-state index contributed by atoms with van der Waals surface area (Å²) in [7, 11) is 0. The minimum Gasteiger partial charge on any atom is -0.397 e. The number of piperidine rings is 1. The molecule has 1 aliphatic rings. The van der Waals surface area contributed by atoms with Crippen LogP contribution in [0.5, 0.6) is 0 Å². The lowest BCUT2D eigenvalue weighted by atomic mass is 10.1. The van der Waals surface area contributed by atoms with Gasteiger partial charge in [0.15, 0.2) is 0 Å². The van der Waals surface area contributed by atoms with Crippen molar-refractivity contribution in [2.45, 2.75) is 18.9 Å². The minimum atomic E-state index is 0.0970. The summed E-state index contributed by atoms with van der Waals surface area (Å²) in [6.07, 6.45) is 3.91. The Kier molecular flexibility index (Phi) is 4.17. The fraction of sp³-hybridized carbons (Fsp3) is 0.583. The standard InChI is InChI=1S/C12H19N3O2/c13-10-1-2-12(14-9-10)15-5-3-11(4-6-15)17-8-7-16/h1-2,9,11,16H,3-8,13H2. The number of nitrogen functional groups attached to an aromatic ring is 1. The fourth-order valence-electron chi connectivity index (χ4n) is 2.06. The van der Waals surface area contributed by atoms with Crippen molar-refractivity contribution in [3.8, 4) is 0 Å². The first-order valence-electron chi connectivity index (χ1n) is 5.98. The van der Waals surface area contributed by atoms with Crippen molar-refractivity contribution < 1.29 is 9.84 Å². The van der Waals surface area contributed by atoms with Gasteiger partial charge in [0.2, 0.25) is 0 Å². The lowest BCUT2D eigenvalue weighted by Gasteiger charge is -2.32. The third-order valence-electron chi connectivity index (χ3n) is 2.98. The van der Waals surface area contributed by atoms with Crippen molar-refractivity contribution in [2.24, 2.45) is 0 Å². The molecule has 1 aromatic rings. The molecule has 1 saturated heterocycles. The summed E-state index contributed by atoms with van der Waals surface area (Å²) < 4.78 is 5.52. The quantitative estimate of drug-likeness (QED) is 0.804. The summed E-state index contributed by atoms with van der Waals surface area (Å²) in [6, 6.07) is 3.82. The maximum atomic E-state index is 8.70. The van der Waals surface area contributed by atoms with Crippen molar-refractivity contribution in [1.29, 1.82) is 0 Å². The molecule has 17 heavy (non-hydrogen) atoms. The van der Waals surface area contributed by atoms with Crippen LogP contribution in [0, 0.1) is 0 Å². The van der Waals surface area contributed by atoms with Crippen LogP contribution in [0.1, 0.15) is 12.8 Å². The highest BCUT2D eigenvalue weighted by molar-refractivity contribution is 5.45. The number of anilines is 2. The van der Waals surface area contributed by atoms with Crippen LogP contribution in [0.15, 0.2) is 18.3 Å². The summed E-state index contributed by atoms with van der Waals surface area (Å²) in [4.78, 5) is 6.54. The van der Waals surface area contributed by atoms with E-state index in [1.807, 2.05) is 12.1 Å². The first-order valence-corrected chi connectivity index (χ1v) is 5.98. The van der Waals surface area contributed by atoms with E-state index in [9.17, 15) is 0 Å². The van der Waals surface area contributed by atoms with Crippen LogP contribution in [0.2, 0.25) is 0 Å². The second kappa shape index (κ2) is 5.84.